The molecule has 1 N–H and O–H groups in total. The number of anilines is 1. The van der Waals surface area contributed by atoms with Gasteiger partial charge in [-0.2, -0.15) is 0 Å². The van der Waals surface area contributed by atoms with Crippen molar-refractivity contribution >= 4 is 5.69 Å². The van der Waals surface area contributed by atoms with Crippen LogP contribution in [-0.4, -0.2) is 0 Å². The van der Waals surface area contributed by atoms with E-state index in [-0.39, 0.29) is 0 Å². The summed E-state index contributed by atoms with van der Waals surface area (Å²) in [6, 6.07) is 6.43. The summed E-state index contributed by atoms with van der Waals surface area (Å²) in [5.41, 5.74) is 5.23. The molecule has 0 amide bonds. The average molecular weight is 189 g/mol. The molecular weight excluding hydrogens is 170 g/mol. The van der Waals surface area contributed by atoms with Gasteiger partial charge >= 0.3 is 0 Å². The number of benzene rings is 1. The number of rotatable bonds is 3. The predicted octanol–water partition coefficient (Wildman–Crippen LogP) is 3.89. The van der Waals surface area contributed by atoms with Crippen molar-refractivity contribution in [2.75, 3.05) is 5.32 Å². The highest BCUT2D eigenvalue weighted by Gasteiger charge is 2.01. The van der Waals surface area contributed by atoms with E-state index >= 15 is 0 Å². The topological polar surface area (TPSA) is 12.0 Å². The second kappa shape index (κ2) is 4.85. The van der Waals surface area contributed by atoms with E-state index in [2.05, 4.69) is 57.4 Å². The lowest BCUT2D eigenvalue weighted by atomic mass is 10.1. The zero-order valence-corrected chi connectivity index (χ0v) is 9.52. The van der Waals surface area contributed by atoms with Gasteiger partial charge in [0.15, 0.2) is 0 Å². The van der Waals surface area contributed by atoms with Crippen molar-refractivity contribution in [2.24, 2.45) is 0 Å². The molecule has 0 aromatic heterocycles. The van der Waals surface area contributed by atoms with Gasteiger partial charge in [-0.1, -0.05) is 30.7 Å². The van der Waals surface area contributed by atoms with Gasteiger partial charge in [-0.25, -0.2) is 0 Å². The fourth-order valence-electron chi connectivity index (χ4n) is 1.45. The van der Waals surface area contributed by atoms with E-state index in [9.17, 15) is 0 Å². The van der Waals surface area contributed by atoms with E-state index in [1.807, 2.05) is 0 Å². The highest BCUT2D eigenvalue weighted by molar-refractivity contribution is 5.58. The van der Waals surface area contributed by atoms with E-state index in [4.69, 9.17) is 0 Å². The second-order valence-corrected chi connectivity index (χ2v) is 3.83. The molecule has 0 spiro atoms. The first-order chi connectivity index (χ1) is 6.65. The van der Waals surface area contributed by atoms with Crippen LogP contribution in [0.2, 0.25) is 0 Å². The maximum absolute atomic E-state index is 3.37. The summed E-state index contributed by atoms with van der Waals surface area (Å²) >= 11 is 0. The number of allylic oxidation sites excluding steroid dienone is 1. The zero-order chi connectivity index (χ0) is 10.6. The molecule has 1 aromatic rings. The third-order valence-electron chi connectivity index (χ3n) is 2.25. The minimum absolute atomic E-state index is 1.07. The molecule has 0 aliphatic heterocycles. The Balaban J connectivity index is 2.99. The molecular formula is C13H19N. The average Bonchev–Trinajstić information content (AvgIpc) is 2.15. The molecule has 0 aliphatic rings. The molecule has 76 valence electrons. The lowest BCUT2D eigenvalue weighted by Gasteiger charge is -2.11. The summed E-state index contributed by atoms with van der Waals surface area (Å²) in [7, 11) is 0. The minimum Gasteiger partial charge on any atom is -0.361 e. The van der Waals surface area contributed by atoms with Gasteiger partial charge < -0.3 is 5.32 Å². The van der Waals surface area contributed by atoms with Crippen molar-refractivity contribution in [3.05, 3.63) is 41.1 Å². The van der Waals surface area contributed by atoms with Crippen molar-refractivity contribution in [3.63, 3.8) is 0 Å². The molecule has 0 saturated carbocycles. The Morgan fingerprint density at radius 2 is 2.07 bits per heavy atom. The molecule has 0 saturated heterocycles. The standard InChI is InChI=1S/C13H19N/c1-5-12-8-6-7-11(4)13(12)14-9-10(2)3/h6-9,14H,5H2,1-4H3. The number of nitrogens with one attached hydrogen (secondary N) is 1. The molecule has 14 heavy (non-hydrogen) atoms. The molecule has 0 aliphatic carbocycles. The van der Waals surface area contributed by atoms with E-state index in [0.717, 1.165) is 6.42 Å². The highest BCUT2D eigenvalue weighted by Crippen LogP contribution is 2.21. The van der Waals surface area contributed by atoms with Gasteiger partial charge in [-0.15, -0.1) is 0 Å². The maximum atomic E-state index is 3.37. The third kappa shape index (κ3) is 2.63. The molecule has 1 aromatic carbocycles. The Labute approximate surface area is 86.8 Å². The molecule has 1 heteroatoms. The van der Waals surface area contributed by atoms with Gasteiger partial charge in [-0.05, 0) is 44.5 Å². The van der Waals surface area contributed by atoms with Crippen molar-refractivity contribution < 1.29 is 0 Å². The van der Waals surface area contributed by atoms with Crippen LogP contribution < -0.4 is 5.32 Å². The smallest absolute Gasteiger partial charge is 0.0441 e. The Morgan fingerprint density at radius 3 is 2.64 bits per heavy atom. The Kier molecular flexibility index (Phi) is 3.75. The van der Waals surface area contributed by atoms with Crippen LogP contribution in [-0.2, 0) is 6.42 Å². The zero-order valence-electron chi connectivity index (χ0n) is 9.52. The largest absolute Gasteiger partial charge is 0.361 e. The minimum atomic E-state index is 1.07. The van der Waals surface area contributed by atoms with Gasteiger partial charge in [-0.3, -0.25) is 0 Å². The summed E-state index contributed by atoms with van der Waals surface area (Å²) in [5.74, 6) is 0. The summed E-state index contributed by atoms with van der Waals surface area (Å²) in [5, 5.41) is 3.37. The van der Waals surface area contributed by atoms with E-state index in [0.29, 0.717) is 0 Å². The van der Waals surface area contributed by atoms with E-state index < -0.39 is 0 Å². The van der Waals surface area contributed by atoms with E-state index in [1.54, 1.807) is 0 Å². The number of hydrogen-bond donors (Lipinski definition) is 1. The summed E-state index contributed by atoms with van der Waals surface area (Å²) in [6.45, 7) is 8.51. The summed E-state index contributed by atoms with van der Waals surface area (Å²) < 4.78 is 0. The molecule has 0 bridgehead atoms. The van der Waals surface area contributed by atoms with Crippen LogP contribution in [0.15, 0.2) is 30.0 Å². The molecule has 0 heterocycles. The molecule has 0 radical (unpaired) electrons. The number of hydrogen-bond acceptors (Lipinski definition) is 1. The van der Waals surface area contributed by atoms with Crippen LogP contribution in [0.3, 0.4) is 0 Å². The fourth-order valence-corrected chi connectivity index (χ4v) is 1.45. The van der Waals surface area contributed by atoms with Crippen LogP contribution in [0.25, 0.3) is 0 Å². The van der Waals surface area contributed by atoms with Crippen LogP contribution in [0.5, 0.6) is 0 Å². The predicted molar refractivity (Wildman–Crippen MR) is 63.6 cm³/mol. The molecule has 1 rings (SSSR count). The lowest BCUT2D eigenvalue weighted by molar-refractivity contribution is 1.13. The van der Waals surface area contributed by atoms with Gasteiger partial charge in [0.1, 0.15) is 0 Å². The van der Waals surface area contributed by atoms with Gasteiger partial charge in [0.2, 0.25) is 0 Å². The Hall–Kier alpha value is -1.24. The second-order valence-electron chi connectivity index (χ2n) is 3.83. The van der Waals surface area contributed by atoms with E-state index in [1.165, 1.54) is 22.4 Å². The first kappa shape index (κ1) is 10.8. The van der Waals surface area contributed by atoms with Gasteiger partial charge in [0.05, 0.1) is 0 Å². The quantitative estimate of drug-likeness (QED) is 0.760. The Bertz CT molecular complexity index is 333. The van der Waals surface area contributed by atoms with Crippen LogP contribution in [0.4, 0.5) is 5.69 Å². The van der Waals surface area contributed by atoms with Gasteiger partial charge in [0.25, 0.3) is 0 Å². The number of aryl methyl sites for hydroxylation is 2. The summed E-state index contributed by atoms with van der Waals surface area (Å²) in [6.07, 6.45) is 3.13. The molecule has 0 fully saturated rings. The van der Waals surface area contributed by atoms with Crippen LogP contribution >= 0.6 is 0 Å². The fraction of sp³-hybridized carbons (Fsp3) is 0.385. The Morgan fingerprint density at radius 1 is 1.36 bits per heavy atom. The first-order valence-electron chi connectivity index (χ1n) is 5.13. The number of para-hydroxylation sites is 1. The van der Waals surface area contributed by atoms with Crippen molar-refractivity contribution in [2.45, 2.75) is 34.1 Å². The van der Waals surface area contributed by atoms with Crippen LogP contribution in [0, 0.1) is 6.92 Å². The van der Waals surface area contributed by atoms with Crippen LogP contribution in [0.1, 0.15) is 31.9 Å². The maximum Gasteiger partial charge on any atom is 0.0441 e. The highest BCUT2D eigenvalue weighted by atomic mass is 14.8. The third-order valence-corrected chi connectivity index (χ3v) is 2.25. The normalized spacial score (nSPS) is 9.71. The molecule has 0 atom stereocenters. The van der Waals surface area contributed by atoms with Gasteiger partial charge in [0, 0.05) is 5.69 Å². The first-order valence-corrected chi connectivity index (χ1v) is 5.13. The summed E-state index contributed by atoms with van der Waals surface area (Å²) in [4.78, 5) is 0. The van der Waals surface area contributed by atoms with Crippen molar-refractivity contribution in [1.29, 1.82) is 0 Å². The molecule has 0 unspecified atom stereocenters. The van der Waals surface area contributed by atoms with Crippen molar-refractivity contribution in [1.82, 2.24) is 0 Å². The monoisotopic (exact) mass is 189 g/mol. The molecule has 1 nitrogen and oxygen atoms in total. The van der Waals surface area contributed by atoms with Crippen molar-refractivity contribution in [3.8, 4) is 0 Å². The lowest BCUT2D eigenvalue weighted by Crippen LogP contribution is -1.96. The SMILES string of the molecule is CCc1cccc(C)c1NC=C(C)C.